The van der Waals surface area contributed by atoms with Crippen LogP contribution >= 0.6 is 0 Å². The topological polar surface area (TPSA) is 89.1 Å². The summed E-state index contributed by atoms with van der Waals surface area (Å²) in [6.45, 7) is 7.20. The molecular formula is C34H39N9O. The summed E-state index contributed by atoms with van der Waals surface area (Å²) in [5.41, 5.74) is 4.37. The fourth-order valence-corrected chi connectivity index (χ4v) is 7.79. The predicted molar refractivity (Wildman–Crippen MR) is 169 cm³/mol. The quantitative estimate of drug-likeness (QED) is 0.259. The molecule has 0 aromatic carbocycles. The van der Waals surface area contributed by atoms with E-state index < -0.39 is 0 Å². The molecule has 6 aliphatic heterocycles. The number of nitrogens with zero attached hydrogens (tertiary/aromatic N) is 9. The van der Waals surface area contributed by atoms with Crippen LogP contribution in [0.1, 0.15) is 30.5 Å². The summed E-state index contributed by atoms with van der Waals surface area (Å²) >= 11 is 0. The summed E-state index contributed by atoms with van der Waals surface area (Å²) in [5, 5.41) is 14.3. The van der Waals surface area contributed by atoms with Gasteiger partial charge >= 0.3 is 0 Å². The average Bonchev–Trinajstić information content (AvgIpc) is 3.49. The SMILES string of the molecule is CN1C2CC1CN(CCCOc1cc(-c3ccc(N4C5CC4CN(CCc4ccccn4)C5)nc3)c3c(C#N)cnn3c1)C2. The van der Waals surface area contributed by atoms with Crippen molar-refractivity contribution in [3.8, 4) is 22.9 Å². The molecule has 6 saturated heterocycles. The summed E-state index contributed by atoms with van der Waals surface area (Å²) in [4.78, 5) is 19.6. The van der Waals surface area contributed by atoms with Crippen LogP contribution in [0.15, 0.2) is 61.2 Å². The first-order valence-corrected chi connectivity index (χ1v) is 16.0. The second kappa shape index (κ2) is 11.5. The fourth-order valence-electron chi connectivity index (χ4n) is 7.79. The van der Waals surface area contributed by atoms with Gasteiger partial charge in [0, 0.05) is 99.1 Å². The van der Waals surface area contributed by atoms with Crippen molar-refractivity contribution in [2.45, 2.75) is 49.9 Å². The second-order valence-electron chi connectivity index (χ2n) is 12.9. The first-order valence-electron chi connectivity index (χ1n) is 16.0. The van der Waals surface area contributed by atoms with E-state index in [2.05, 4.69) is 67.1 Å². The van der Waals surface area contributed by atoms with E-state index in [4.69, 9.17) is 9.72 Å². The standard InChI is InChI=1S/C34H39N9O/c1-39-27-13-28(39)20-40(19-27)10-4-12-44-31-15-32(34-25(16-35)18-38-42(34)23-31)24-6-7-33(37-17-24)43-29-14-30(43)22-41(21-29)11-8-26-5-2-3-9-36-26/h2-3,5-7,9,15,17-18,23,27-30H,4,8,10-14,19-22H2,1H3. The number of pyridine rings is 3. The van der Waals surface area contributed by atoms with Gasteiger partial charge in [0.05, 0.1) is 30.1 Å². The van der Waals surface area contributed by atoms with E-state index in [9.17, 15) is 5.26 Å². The number of aromatic nitrogens is 4. The van der Waals surface area contributed by atoms with Gasteiger partial charge in [-0.3, -0.25) is 14.8 Å². The third-order valence-electron chi connectivity index (χ3n) is 10.2. The number of hydrogen-bond donors (Lipinski definition) is 0. The average molecular weight is 590 g/mol. The fraction of sp³-hybridized carbons (Fsp3) is 0.471. The van der Waals surface area contributed by atoms with Crippen molar-refractivity contribution in [2.75, 3.05) is 57.8 Å². The summed E-state index contributed by atoms with van der Waals surface area (Å²) in [7, 11) is 2.25. The summed E-state index contributed by atoms with van der Waals surface area (Å²) in [5.74, 6) is 1.78. The van der Waals surface area contributed by atoms with Crippen LogP contribution in [0.2, 0.25) is 0 Å². The van der Waals surface area contributed by atoms with Gasteiger partial charge in [-0.05, 0) is 56.6 Å². The van der Waals surface area contributed by atoms with Crippen molar-refractivity contribution < 1.29 is 4.74 Å². The largest absolute Gasteiger partial charge is 0.492 e. The summed E-state index contributed by atoms with van der Waals surface area (Å²) < 4.78 is 8.02. The van der Waals surface area contributed by atoms with Gasteiger partial charge in [-0.2, -0.15) is 10.4 Å². The Morgan fingerprint density at radius 1 is 0.932 bits per heavy atom. The number of piperazine rings is 2. The van der Waals surface area contributed by atoms with Gasteiger partial charge < -0.3 is 14.5 Å². The Kier molecular flexibility index (Phi) is 7.17. The van der Waals surface area contributed by atoms with Gasteiger partial charge in [0.2, 0.25) is 0 Å². The molecule has 44 heavy (non-hydrogen) atoms. The molecule has 0 radical (unpaired) electrons. The van der Waals surface area contributed by atoms with Crippen molar-refractivity contribution in [3.05, 3.63) is 72.4 Å². The maximum atomic E-state index is 9.80. The molecule has 4 bridgehead atoms. The molecule has 4 atom stereocenters. The zero-order valence-corrected chi connectivity index (χ0v) is 25.3. The first-order chi connectivity index (χ1) is 21.6. The number of fused-ring (bicyclic) bond motifs is 5. The highest BCUT2D eigenvalue weighted by molar-refractivity contribution is 5.85. The Morgan fingerprint density at radius 3 is 2.45 bits per heavy atom. The Hall–Kier alpha value is -4.04. The normalized spacial score (nSPS) is 25.0. The lowest BCUT2D eigenvalue weighted by Crippen LogP contribution is -2.69. The molecule has 0 saturated carbocycles. The molecule has 0 amide bonds. The Morgan fingerprint density at radius 2 is 1.73 bits per heavy atom. The number of rotatable bonds is 10. The lowest BCUT2D eigenvalue weighted by molar-refractivity contribution is -0.0511. The molecule has 4 aromatic heterocycles. The van der Waals surface area contributed by atoms with Crippen molar-refractivity contribution in [1.29, 1.82) is 5.26 Å². The zero-order valence-electron chi connectivity index (χ0n) is 25.3. The maximum absolute atomic E-state index is 9.80. The number of ether oxygens (including phenoxy) is 1. The van der Waals surface area contributed by atoms with Crippen LogP contribution in [-0.2, 0) is 6.42 Å². The molecule has 10 heteroatoms. The molecule has 0 N–H and O–H groups in total. The van der Waals surface area contributed by atoms with Crippen molar-refractivity contribution in [2.24, 2.45) is 0 Å². The van der Waals surface area contributed by atoms with E-state index in [-0.39, 0.29) is 0 Å². The van der Waals surface area contributed by atoms with E-state index in [0.29, 0.717) is 24.3 Å². The predicted octanol–water partition coefficient (Wildman–Crippen LogP) is 3.33. The van der Waals surface area contributed by atoms with Gasteiger partial charge in [-0.1, -0.05) is 6.07 Å². The third-order valence-corrected chi connectivity index (χ3v) is 10.2. The molecule has 10 nitrogen and oxygen atoms in total. The highest BCUT2D eigenvalue weighted by Crippen LogP contribution is 2.38. The van der Waals surface area contributed by atoms with Crippen molar-refractivity contribution >= 4 is 11.3 Å². The van der Waals surface area contributed by atoms with Crippen LogP contribution in [0.3, 0.4) is 0 Å². The number of likely N-dealkylation sites (N-methyl/N-ethyl adjacent to an activating group) is 1. The Labute approximate surface area is 258 Å². The molecule has 10 heterocycles. The molecule has 6 fully saturated rings. The van der Waals surface area contributed by atoms with Gasteiger partial charge in [-0.25, -0.2) is 9.50 Å². The van der Waals surface area contributed by atoms with E-state index in [1.165, 1.54) is 25.9 Å². The molecule has 226 valence electrons. The number of piperidine rings is 2. The van der Waals surface area contributed by atoms with Crippen molar-refractivity contribution in [3.63, 3.8) is 0 Å². The van der Waals surface area contributed by atoms with Crippen LogP contribution in [0.4, 0.5) is 5.82 Å². The third kappa shape index (κ3) is 5.09. The molecule has 4 aromatic rings. The second-order valence-corrected chi connectivity index (χ2v) is 12.9. The monoisotopic (exact) mass is 589 g/mol. The molecule has 0 spiro atoms. The smallest absolute Gasteiger partial charge is 0.138 e. The Balaban J connectivity index is 0.928. The summed E-state index contributed by atoms with van der Waals surface area (Å²) in [6.07, 6.45) is 11.9. The van der Waals surface area contributed by atoms with Crippen LogP contribution in [0.5, 0.6) is 5.75 Å². The van der Waals surface area contributed by atoms with Crippen molar-refractivity contribution in [1.82, 2.24) is 34.3 Å². The lowest BCUT2D eigenvalue weighted by Gasteiger charge is -2.57. The van der Waals surface area contributed by atoms with Crippen LogP contribution < -0.4 is 9.64 Å². The first kappa shape index (κ1) is 27.5. The number of hydrogen-bond acceptors (Lipinski definition) is 9. The minimum absolute atomic E-state index is 0.496. The molecule has 0 aliphatic carbocycles. The number of nitriles is 1. The van der Waals surface area contributed by atoms with Gasteiger partial charge in [0.25, 0.3) is 0 Å². The zero-order chi connectivity index (χ0) is 29.6. The van der Waals surface area contributed by atoms with E-state index in [1.807, 2.05) is 30.7 Å². The Bertz CT molecular complexity index is 1640. The minimum Gasteiger partial charge on any atom is -0.492 e. The molecule has 6 aliphatic rings. The highest BCUT2D eigenvalue weighted by atomic mass is 16.5. The molecule has 4 unspecified atom stereocenters. The van der Waals surface area contributed by atoms with Crippen LogP contribution in [-0.4, -0.2) is 111 Å². The number of anilines is 1. The van der Waals surface area contributed by atoms with E-state index >= 15 is 0 Å². The van der Waals surface area contributed by atoms with E-state index in [1.54, 1.807) is 10.7 Å². The van der Waals surface area contributed by atoms with Gasteiger partial charge in [0.1, 0.15) is 17.6 Å². The lowest BCUT2D eigenvalue weighted by atomic mass is 9.87. The van der Waals surface area contributed by atoms with Gasteiger partial charge in [-0.15, -0.1) is 0 Å². The molecule has 10 rings (SSSR count). The minimum atomic E-state index is 0.496. The summed E-state index contributed by atoms with van der Waals surface area (Å²) in [6, 6.07) is 17.2. The van der Waals surface area contributed by atoms with Crippen LogP contribution in [0, 0.1) is 11.3 Å². The molecular weight excluding hydrogens is 550 g/mol. The highest BCUT2D eigenvalue weighted by Gasteiger charge is 2.45. The van der Waals surface area contributed by atoms with E-state index in [0.717, 1.165) is 85.0 Å². The van der Waals surface area contributed by atoms with Crippen LogP contribution in [0.25, 0.3) is 16.6 Å². The maximum Gasteiger partial charge on any atom is 0.138 e. The van der Waals surface area contributed by atoms with Gasteiger partial charge in [0.15, 0.2) is 0 Å².